The van der Waals surface area contributed by atoms with Crippen LogP contribution in [0.2, 0.25) is 0 Å². The Morgan fingerprint density at radius 3 is 2.59 bits per heavy atom. The highest BCUT2D eigenvalue weighted by Gasteiger charge is 2.25. The summed E-state index contributed by atoms with van der Waals surface area (Å²) < 4.78 is 5.01. The zero-order valence-corrected chi connectivity index (χ0v) is 10.7. The number of nitrogens with one attached hydrogen (secondary N) is 1. The molecular formula is C11H15NO4S. The third-order valence-corrected chi connectivity index (χ3v) is 3.17. The van der Waals surface area contributed by atoms with Crippen LogP contribution in [0.1, 0.15) is 23.5 Å². The zero-order valence-electron chi connectivity index (χ0n) is 9.89. The summed E-state index contributed by atoms with van der Waals surface area (Å²) in [5, 5.41) is 13.2. The Kier molecular flexibility index (Phi) is 4.51. The Morgan fingerprint density at radius 2 is 2.12 bits per heavy atom. The molecule has 6 heteroatoms. The summed E-state index contributed by atoms with van der Waals surface area (Å²) in [4.78, 5) is 23.2. The number of rotatable bonds is 5. The summed E-state index contributed by atoms with van der Waals surface area (Å²) in [5.41, 5.74) is 0. The van der Waals surface area contributed by atoms with Gasteiger partial charge in [0.25, 0.3) is 5.91 Å². The Hall–Kier alpha value is -1.56. The van der Waals surface area contributed by atoms with Crippen molar-refractivity contribution in [3.05, 3.63) is 16.3 Å². The number of carboxylic acids is 1. The monoisotopic (exact) mass is 257 g/mol. The van der Waals surface area contributed by atoms with Crippen LogP contribution in [0.15, 0.2) is 11.4 Å². The Bertz CT molecular complexity index is 413. The van der Waals surface area contributed by atoms with Gasteiger partial charge in [-0.3, -0.25) is 4.79 Å². The fraction of sp³-hybridized carbons (Fsp3) is 0.455. The van der Waals surface area contributed by atoms with Crippen molar-refractivity contribution in [2.24, 2.45) is 5.92 Å². The first-order chi connectivity index (χ1) is 7.97. The molecule has 1 heterocycles. The van der Waals surface area contributed by atoms with E-state index in [1.54, 1.807) is 25.3 Å². The number of amides is 1. The van der Waals surface area contributed by atoms with Crippen molar-refractivity contribution in [3.63, 3.8) is 0 Å². The number of hydrogen-bond acceptors (Lipinski definition) is 4. The Morgan fingerprint density at radius 1 is 1.47 bits per heavy atom. The lowest BCUT2D eigenvalue weighted by Gasteiger charge is -2.17. The molecule has 0 aliphatic carbocycles. The van der Waals surface area contributed by atoms with Crippen molar-refractivity contribution in [1.82, 2.24) is 5.32 Å². The predicted molar refractivity (Wildman–Crippen MR) is 64.6 cm³/mol. The molecule has 0 saturated carbocycles. The second-order valence-electron chi connectivity index (χ2n) is 3.85. The molecule has 0 bridgehead atoms. The smallest absolute Gasteiger partial charge is 0.326 e. The van der Waals surface area contributed by atoms with Gasteiger partial charge in [0.15, 0.2) is 0 Å². The van der Waals surface area contributed by atoms with Crippen LogP contribution in [-0.2, 0) is 4.79 Å². The van der Waals surface area contributed by atoms with Crippen LogP contribution in [0.5, 0.6) is 5.75 Å². The van der Waals surface area contributed by atoms with Crippen molar-refractivity contribution in [3.8, 4) is 5.75 Å². The van der Waals surface area contributed by atoms with Gasteiger partial charge in [-0.05, 0) is 17.4 Å². The maximum Gasteiger partial charge on any atom is 0.326 e. The summed E-state index contributed by atoms with van der Waals surface area (Å²) in [6, 6.07) is 0.777. The second-order valence-corrected chi connectivity index (χ2v) is 4.77. The molecule has 0 spiro atoms. The third kappa shape index (κ3) is 3.20. The standard InChI is InChI=1S/C11H15NO4S/c1-6(2)8(11(14)15)12-10(13)9-7(16-3)4-5-17-9/h4-6,8H,1-3H3,(H,12,13)(H,14,15)/t8-/m0/s1. The summed E-state index contributed by atoms with van der Waals surface area (Å²) in [5.74, 6) is -1.18. The van der Waals surface area contributed by atoms with Crippen molar-refractivity contribution in [1.29, 1.82) is 0 Å². The topological polar surface area (TPSA) is 75.6 Å². The van der Waals surface area contributed by atoms with Crippen molar-refractivity contribution < 1.29 is 19.4 Å². The summed E-state index contributed by atoms with van der Waals surface area (Å²) >= 11 is 1.22. The van der Waals surface area contributed by atoms with Crippen LogP contribution >= 0.6 is 11.3 Å². The van der Waals surface area contributed by atoms with E-state index in [2.05, 4.69) is 5.32 Å². The number of carbonyl (C=O) groups is 2. The van der Waals surface area contributed by atoms with Crippen molar-refractivity contribution in [2.45, 2.75) is 19.9 Å². The molecular weight excluding hydrogens is 242 g/mol. The summed E-state index contributed by atoms with van der Waals surface area (Å²) in [6.45, 7) is 3.48. The molecule has 0 fully saturated rings. The lowest BCUT2D eigenvalue weighted by Crippen LogP contribution is -2.44. The molecule has 1 amide bonds. The van der Waals surface area contributed by atoms with E-state index in [4.69, 9.17) is 9.84 Å². The highest BCUT2D eigenvalue weighted by molar-refractivity contribution is 7.12. The first kappa shape index (κ1) is 13.5. The van der Waals surface area contributed by atoms with Gasteiger partial charge in [0, 0.05) is 0 Å². The SMILES string of the molecule is COc1ccsc1C(=O)N[C@H](C(=O)O)C(C)C. The average molecular weight is 257 g/mol. The van der Waals surface area contributed by atoms with Crippen LogP contribution in [0, 0.1) is 5.92 Å². The minimum Gasteiger partial charge on any atom is -0.495 e. The highest BCUT2D eigenvalue weighted by Crippen LogP contribution is 2.24. The average Bonchev–Trinajstić information content (AvgIpc) is 2.72. The maximum atomic E-state index is 11.9. The van der Waals surface area contributed by atoms with Crippen LogP contribution in [-0.4, -0.2) is 30.1 Å². The molecule has 5 nitrogen and oxygen atoms in total. The quantitative estimate of drug-likeness (QED) is 0.840. The van der Waals surface area contributed by atoms with Gasteiger partial charge in [0.05, 0.1) is 7.11 Å². The lowest BCUT2D eigenvalue weighted by atomic mass is 10.0. The minimum absolute atomic E-state index is 0.178. The Balaban J connectivity index is 2.81. The molecule has 1 aromatic rings. The molecule has 0 aliphatic heterocycles. The van der Waals surface area contributed by atoms with Crippen LogP contribution in [0.4, 0.5) is 0 Å². The number of ether oxygens (including phenoxy) is 1. The number of aliphatic carboxylic acids is 1. The Labute approximate surface area is 103 Å². The largest absolute Gasteiger partial charge is 0.495 e. The van der Waals surface area contributed by atoms with Crippen LogP contribution in [0.3, 0.4) is 0 Å². The first-order valence-electron chi connectivity index (χ1n) is 5.12. The van der Waals surface area contributed by atoms with Gasteiger partial charge in [0.2, 0.25) is 0 Å². The van der Waals surface area contributed by atoms with E-state index in [0.717, 1.165) is 0 Å². The third-order valence-electron chi connectivity index (χ3n) is 2.27. The van der Waals surface area contributed by atoms with Gasteiger partial charge in [-0.15, -0.1) is 11.3 Å². The molecule has 1 rings (SSSR count). The highest BCUT2D eigenvalue weighted by atomic mass is 32.1. The molecule has 2 N–H and O–H groups in total. The predicted octanol–water partition coefficient (Wildman–Crippen LogP) is 1.60. The van der Waals surface area contributed by atoms with Crippen LogP contribution in [0.25, 0.3) is 0 Å². The maximum absolute atomic E-state index is 11.9. The lowest BCUT2D eigenvalue weighted by molar-refractivity contribution is -0.140. The zero-order chi connectivity index (χ0) is 13.0. The summed E-state index contributed by atoms with van der Waals surface area (Å²) in [7, 11) is 1.47. The fourth-order valence-corrected chi connectivity index (χ4v) is 2.11. The van der Waals surface area contributed by atoms with E-state index in [0.29, 0.717) is 10.6 Å². The van der Waals surface area contributed by atoms with E-state index in [-0.39, 0.29) is 5.92 Å². The second kappa shape index (κ2) is 5.67. The first-order valence-corrected chi connectivity index (χ1v) is 6.00. The molecule has 0 aliphatic rings. The van der Waals surface area contributed by atoms with Crippen LogP contribution < -0.4 is 10.1 Å². The van der Waals surface area contributed by atoms with E-state index in [1.807, 2.05) is 0 Å². The normalized spacial score (nSPS) is 12.2. The van der Waals surface area contributed by atoms with E-state index >= 15 is 0 Å². The summed E-state index contributed by atoms with van der Waals surface area (Å²) in [6.07, 6.45) is 0. The molecule has 0 saturated heterocycles. The molecule has 94 valence electrons. The van der Waals surface area contributed by atoms with Crippen molar-refractivity contribution >= 4 is 23.2 Å². The number of thiophene rings is 1. The molecule has 1 aromatic heterocycles. The van der Waals surface area contributed by atoms with Crippen molar-refractivity contribution in [2.75, 3.05) is 7.11 Å². The number of carboxylic acid groups (broad SMARTS) is 1. The minimum atomic E-state index is -1.04. The van der Waals surface area contributed by atoms with E-state index in [1.165, 1.54) is 18.4 Å². The van der Waals surface area contributed by atoms with Gasteiger partial charge >= 0.3 is 5.97 Å². The molecule has 1 atom stereocenters. The number of hydrogen-bond donors (Lipinski definition) is 2. The van der Waals surface area contributed by atoms with Gasteiger partial charge in [-0.2, -0.15) is 0 Å². The molecule has 0 unspecified atom stereocenters. The van der Waals surface area contributed by atoms with E-state index in [9.17, 15) is 9.59 Å². The van der Waals surface area contributed by atoms with Gasteiger partial charge in [-0.25, -0.2) is 4.79 Å². The number of carbonyl (C=O) groups excluding carboxylic acids is 1. The van der Waals surface area contributed by atoms with Gasteiger partial charge in [-0.1, -0.05) is 13.8 Å². The molecule has 17 heavy (non-hydrogen) atoms. The van der Waals surface area contributed by atoms with Gasteiger partial charge < -0.3 is 15.2 Å². The number of methoxy groups -OCH3 is 1. The molecule has 0 radical (unpaired) electrons. The van der Waals surface area contributed by atoms with E-state index < -0.39 is 17.9 Å². The molecule has 0 aromatic carbocycles. The van der Waals surface area contributed by atoms with Gasteiger partial charge in [0.1, 0.15) is 16.7 Å². The fourth-order valence-electron chi connectivity index (χ4n) is 1.34.